The maximum Gasteiger partial charge on any atom is 0.228 e. The van der Waals surface area contributed by atoms with Gasteiger partial charge in [-0.3, -0.25) is 4.79 Å². The fourth-order valence-electron chi connectivity index (χ4n) is 1.49. The Balaban J connectivity index is 2.61. The molecular formula is C9H19N3O. The lowest BCUT2D eigenvalue weighted by Crippen LogP contribution is -2.39. The third-order valence-electron chi connectivity index (χ3n) is 2.34. The van der Waals surface area contributed by atoms with Crippen molar-refractivity contribution in [3.63, 3.8) is 0 Å². The summed E-state index contributed by atoms with van der Waals surface area (Å²) in [7, 11) is 0. The molecule has 0 spiro atoms. The molecule has 0 aromatic heterocycles. The topological polar surface area (TPSA) is 72.3 Å². The first-order valence-electron chi connectivity index (χ1n) is 4.63. The molecule has 1 amide bonds. The van der Waals surface area contributed by atoms with Crippen LogP contribution in [0.5, 0.6) is 0 Å². The smallest absolute Gasteiger partial charge is 0.228 e. The van der Waals surface area contributed by atoms with E-state index in [9.17, 15) is 4.79 Å². The van der Waals surface area contributed by atoms with E-state index in [1.54, 1.807) is 4.90 Å². The number of hydrogen-bond donors (Lipinski definition) is 2. The zero-order chi connectivity index (χ0) is 10.2. The van der Waals surface area contributed by atoms with Crippen LogP contribution >= 0.6 is 0 Å². The van der Waals surface area contributed by atoms with Gasteiger partial charge in [0.25, 0.3) is 0 Å². The highest BCUT2D eigenvalue weighted by atomic mass is 16.2. The van der Waals surface area contributed by atoms with Crippen molar-refractivity contribution in [2.75, 3.05) is 13.1 Å². The number of carbonyl (C=O) groups excluding carboxylic acids is 1. The minimum absolute atomic E-state index is 0.0636. The number of likely N-dealkylation sites (tertiary alicyclic amines) is 1. The second-order valence-corrected chi connectivity index (χ2v) is 4.79. The van der Waals surface area contributed by atoms with Gasteiger partial charge < -0.3 is 16.4 Å². The third kappa shape index (κ3) is 2.19. The second-order valence-electron chi connectivity index (χ2n) is 4.79. The van der Waals surface area contributed by atoms with Gasteiger partial charge in [0.1, 0.15) is 0 Å². The molecule has 2 unspecified atom stereocenters. The quantitative estimate of drug-likeness (QED) is 0.536. The Kier molecular flexibility index (Phi) is 2.63. The Morgan fingerprint density at radius 3 is 1.92 bits per heavy atom. The van der Waals surface area contributed by atoms with Crippen molar-refractivity contribution in [3.05, 3.63) is 0 Å². The second kappa shape index (κ2) is 3.27. The summed E-state index contributed by atoms with van der Waals surface area (Å²) in [6.07, 6.45) is 0. The van der Waals surface area contributed by atoms with E-state index in [2.05, 4.69) is 0 Å². The summed E-state index contributed by atoms with van der Waals surface area (Å²) in [5, 5.41) is 0. The Hall–Kier alpha value is -0.610. The molecule has 0 aromatic carbocycles. The average Bonchev–Trinajstić information content (AvgIpc) is 2.29. The van der Waals surface area contributed by atoms with Gasteiger partial charge in [0.05, 0.1) is 0 Å². The van der Waals surface area contributed by atoms with Gasteiger partial charge in [-0.25, -0.2) is 0 Å². The Labute approximate surface area is 79.3 Å². The van der Waals surface area contributed by atoms with E-state index in [1.165, 1.54) is 0 Å². The van der Waals surface area contributed by atoms with Gasteiger partial charge in [-0.05, 0) is 0 Å². The monoisotopic (exact) mass is 185 g/mol. The average molecular weight is 185 g/mol. The molecule has 0 aliphatic carbocycles. The van der Waals surface area contributed by atoms with Crippen LogP contribution in [0.1, 0.15) is 20.8 Å². The zero-order valence-corrected chi connectivity index (χ0v) is 8.58. The van der Waals surface area contributed by atoms with Crippen molar-refractivity contribution in [1.82, 2.24) is 4.90 Å². The van der Waals surface area contributed by atoms with Crippen LogP contribution in [0.15, 0.2) is 0 Å². The molecule has 76 valence electrons. The molecule has 4 nitrogen and oxygen atoms in total. The highest BCUT2D eigenvalue weighted by Gasteiger charge is 2.35. The van der Waals surface area contributed by atoms with Crippen LogP contribution in [0, 0.1) is 5.41 Å². The highest BCUT2D eigenvalue weighted by Crippen LogP contribution is 2.20. The van der Waals surface area contributed by atoms with Crippen molar-refractivity contribution in [1.29, 1.82) is 0 Å². The van der Waals surface area contributed by atoms with Crippen LogP contribution in [0.4, 0.5) is 0 Å². The summed E-state index contributed by atoms with van der Waals surface area (Å²) < 4.78 is 0. The van der Waals surface area contributed by atoms with Gasteiger partial charge in [-0.15, -0.1) is 0 Å². The molecule has 1 rings (SSSR count). The Morgan fingerprint density at radius 2 is 1.62 bits per heavy atom. The fraction of sp³-hybridized carbons (Fsp3) is 0.889. The minimum atomic E-state index is -0.330. The van der Waals surface area contributed by atoms with Gasteiger partial charge in [0, 0.05) is 30.6 Å². The van der Waals surface area contributed by atoms with Gasteiger partial charge in [-0.1, -0.05) is 20.8 Å². The SMILES string of the molecule is CC(C)(C)C(=O)N1CC(N)C(N)C1. The molecule has 0 aromatic rings. The minimum Gasteiger partial charge on any atom is -0.339 e. The van der Waals surface area contributed by atoms with Crippen LogP contribution in [0.25, 0.3) is 0 Å². The van der Waals surface area contributed by atoms with Crippen molar-refractivity contribution in [2.45, 2.75) is 32.9 Å². The molecule has 0 saturated carbocycles. The van der Waals surface area contributed by atoms with Crippen LogP contribution in [0.3, 0.4) is 0 Å². The number of nitrogens with two attached hydrogens (primary N) is 2. The first kappa shape index (κ1) is 10.5. The predicted molar refractivity (Wildman–Crippen MR) is 52.0 cm³/mol. The lowest BCUT2D eigenvalue weighted by molar-refractivity contribution is -0.138. The van der Waals surface area contributed by atoms with Crippen molar-refractivity contribution in [2.24, 2.45) is 16.9 Å². The summed E-state index contributed by atoms with van der Waals surface area (Å²) in [4.78, 5) is 13.5. The Bertz CT molecular complexity index is 199. The van der Waals surface area contributed by atoms with Crippen LogP contribution < -0.4 is 11.5 Å². The van der Waals surface area contributed by atoms with E-state index in [0.717, 1.165) is 0 Å². The molecule has 1 heterocycles. The first-order chi connectivity index (χ1) is 5.82. The largest absolute Gasteiger partial charge is 0.339 e. The molecule has 0 radical (unpaired) electrons. The molecular weight excluding hydrogens is 166 g/mol. The molecule has 4 heteroatoms. The molecule has 13 heavy (non-hydrogen) atoms. The highest BCUT2D eigenvalue weighted by molar-refractivity contribution is 5.81. The number of nitrogens with zero attached hydrogens (tertiary/aromatic N) is 1. The predicted octanol–water partition coefficient (Wildman–Crippen LogP) is -0.471. The van der Waals surface area contributed by atoms with Gasteiger partial charge >= 0.3 is 0 Å². The van der Waals surface area contributed by atoms with Gasteiger partial charge in [0.2, 0.25) is 5.91 Å². The lowest BCUT2D eigenvalue weighted by atomic mass is 9.95. The number of rotatable bonds is 0. The van der Waals surface area contributed by atoms with E-state index in [4.69, 9.17) is 11.5 Å². The van der Waals surface area contributed by atoms with Gasteiger partial charge in [-0.2, -0.15) is 0 Å². The summed E-state index contributed by atoms with van der Waals surface area (Å²) in [6, 6.07) is -0.127. The molecule has 1 fully saturated rings. The van der Waals surface area contributed by atoms with Crippen molar-refractivity contribution in [3.8, 4) is 0 Å². The maximum absolute atomic E-state index is 11.8. The standard InChI is InChI=1S/C9H19N3O/c1-9(2,3)8(13)12-4-6(10)7(11)5-12/h6-7H,4-5,10-11H2,1-3H3. The lowest BCUT2D eigenvalue weighted by Gasteiger charge is -2.25. The van der Waals surface area contributed by atoms with E-state index in [0.29, 0.717) is 13.1 Å². The fourth-order valence-corrected chi connectivity index (χ4v) is 1.49. The van der Waals surface area contributed by atoms with Crippen LogP contribution in [-0.2, 0) is 4.79 Å². The summed E-state index contributed by atoms with van der Waals surface area (Å²) >= 11 is 0. The number of amides is 1. The van der Waals surface area contributed by atoms with E-state index >= 15 is 0 Å². The molecule has 0 bridgehead atoms. The number of hydrogen-bond acceptors (Lipinski definition) is 3. The molecule has 1 aliphatic heterocycles. The maximum atomic E-state index is 11.8. The number of carbonyl (C=O) groups is 1. The van der Waals surface area contributed by atoms with E-state index < -0.39 is 0 Å². The van der Waals surface area contributed by atoms with E-state index in [1.807, 2.05) is 20.8 Å². The van der Waals surface area contributed by atoms with Crippen molar-refractivity contribution >= 4 is 5.91 Å². The normalized spacial score (nSPS) is 29.5. The van der Waals surface area contributed by atoms with E-state index in [-0.39, 0.29) is 23.4 Å². The molecule has 4 N–H and O–H groups in total. The van der Waals surface area contributed by atoms with Crippen LogP contribution in [-0.4, -0.2) is 36.0 Å². The van der Waals surface area contributed by atoms with Gasteiger partial charge in [0.15, 0.2) is 0 Å². The zero-order valence-electron chi connectivity index (χ0n) is 8.58. The molecule has 1 saturated heterocycles. The summed E-state index contributed by atoms with van der Waals surface area (Å²) in [5.41, 5.74) is 11.1. The first-order valence-corrected chi connectivity index (χ1v) is 4.63. The summed E-state index contributed by atoms with van der Waals surface area (Å²) in [6.45, 7) is 6.91. The van der Waals surface area contributed by atoms with Crippen LogP contribution in [0.2, 0.25) is 0 Å². The third-order valence-corrected chi connectivity index (χ3v) is 2.34. The Morgan fingerprint density at radius 1 is 1.23 bits per heavy atom. The molecule has 1 aliphatic rings. The van der Waals surface area contributed by atoms with Crippen molar-refractivity contribution < 1.29 is 4.79 Å². The molecule has 2 atom stereocenters. The summed E-state index contributed by atoms with van der Waals surface area (Å²) in [5.74, 6) is 0.135.